The molecule has 1 aromatic rings. The Labute approximate surface area is 127 Å². The lowest BCUT2D eigenvalue weighted by Gasteiger charge is -2.13. The van der Waals surface area contributed by atoms with Crippen molar-refractivity contribution in [3.63, 3.8) is 0 Å². The topological polar surface area (TPSA) is 68.9 Å². The Morgan fingerprint density at radius 2 is 2.14 bits per heavy atom. The molecule has 0 saturated carbocycles. The summed E-state index contributed by atoms with van der Waals surface area (Å²) in [5.41, 5.74) is 4.90. The average molecular weight is 319 g/mol. The zero-order valence-electron chi connectivity index (χ0n) is 12.5. The first-order valence-corrected chi connectivity index (χ1v) is 6.68. The summed E-state index contributed by atoms with van der Waals surface area (Å²) in [5.74, 6) is 0.376. The van der Waals surface area contributed by atoms with E-state index in [0.29, 0.717) is 6.61 Å². The van der Waals surface area contributed by atoms with Gasteiger partial charge >= 0.3 is 6.18 Å². The SMILES string of the molecule is COCC(C)NC(N)=NCCOc1cccc(C(F)(F)F)c1. The fraction of sp³-hybridized carbons (Fsp3) is 0.500. The van der Waals surface area contributed by atoms with Gasteiger partial charge in [-0.25, -0.2) is 4.99 Å². The summed E-state index contributed by atoms with van der Waals surface area (Å²) in [6.45, 7) is 2.72. The van der Waals surface area contributed by atoms with Gasteiger partial charge in [-0.1, -0.05) is 6.07 Å². The van der Waals surface area contributed by atoms with E-state index in [1.165, 1.54) is 12.1 Å². The molecule has 0 radical (unpaired) electrons. The number of nitrogens with two attached hydrogens (primary N) is 1. The molecular weight excluding hydrogens is 299 g/mol. The highest BCUT2D eigenvalue weighted by atomic mass is 19.4. The fourth-order valence-electron chi connectivity index (χ4n) is 1.68. The van der Waals surface area contributed by atoms with Gasteiger partial charge in [-0.3, -0.25) is 0 Å². The summed E-state index contributed by atoms with van der Waals surface area (Å²) < 4.78 is 47.8. The summed E-state index contributed by atoms with van der Waals surface area (Å²) in [6.07, 6.45) is -4.39. The summed E-state index contributed by atoms with van der Waals surface area (Å²) in [7, 11) is 1.58. The van der Waals surface area contributed by atoms with E-state index in [-0.39, 0.29) is 30.9 Å². The van der Waals surface area contributed by atoms with Gasteiger partial charge in [-0.05, 0) is 25.1 Å². The largest absolute Gasteiger partial charge is 0.492 e. The van der Waals surface area contributed by atoms with Crippen LogP contribution in [0.1, 0.15) is 12.5 Å². The zero-order chi connectivity index (χ0) is 16.6. The van der Waals surface area contributed by atoms with Crippen LogP contribution >= 0.6 is 0 Å². The average Bonchev–Trinajstić information content (AvgIpc) is 2.43. The second kappa shape index (κ2) is 8.47. The third-order valence-corrected chi connectivity index (χ3v) is 2.61. The Morgan fingerprint density at radius 1 is 1.41 bits per heavy atom. The summed E-state index contributed by atoms with van der Waals surface area (Å²) in [5, 5.41) is 2.91. The van der Waals surface area contributed by atoms with E-state index >= 15 is 0 Å². The number of nitrogens with one attached hydrogen (secondary N) is 1. The van der Waals surface area contributed by atoms with Gasteiger partial charge in [0.25, 0.3) is 0 Å². The molecule has 1 aromatic carbocycles. The van der Waals surface area contributed by atoms with Crippen molar-refractivity contribution < 1.29 is 22.6 Å². The molecule has 124 valence electrons. The molecule has 3 N–H and O–H groups in total. The van der Waals surface area contributed by atoms with Crippen LogP contribution in [-0.4, -0.2) is 38.9 Å². The molecule has 1 atom stereocenters. The highest BCUT2D eigenvalue weighted by molar-refractivity contribution is 5.78. The molecule has 1 unspecified atom stereocenters. The van der Waals surface area contributed by atoms with E-state index in [2.05, 4.69) is 10.3 Å². The highest BCUT2D eigenvalue weighted by Crippen LogP contribution is 2.31. The Balaban J connectivity index is 2.41. The van der Waals surface area contributed by atoms with Crippen molar-refractivity contribution in [1.82, 2.24) is 5.32 Å². The van der Waals surface area contributed by atoms with E-state index in [4.69, 9.17) is 15.2 Å². The highest BCUT2D eigenvalue weighted by Gasteiger charge is 2.30. The second-order valence-corrected chi connectivity index (χ2v) is 4.64. The molecule has 0 aliphatic heterocycles. The van der Waals surface area contributed by atoms with E-state index in [1.807, 2.05) is 6.92 Å². The maximum absolute atomic E-state index is 12.5. The van der Waals surface area contributed by atoms with Crippen molar-refractivity contribution in [3.05, 3.63) is 29.8 Å². The number of hydrogen-bond donors (Lipinski definition) is 2. The van der Waals surface area contributed by atoms with Crippen molar-refractivity contribution in [1.29, 1.82) is 0 Å². The lowest BCUT2D eigenvalue weighted by Crippen LogP contribution is -2.40. The van der Waals surface area contributed by atoms with Crippen LogP contribution in [0.15, 0.2) is 29.3 Å². The number of rotatable bonds is 7. The lowest BCUT2D eigenvalue weighted by atomic mass is 10.2. The number of guanidine groups is 1. The van der Waals surface area contributed by atoms with Gasteiger partial charge in [0, 0.05) is 13.2 Å². The summed E-state index contributed by atoms with van der Waals surface area (Å²) in [6, 6.07) is 4.71. The predicted octanol–water partition coefficient (Wildman–Crippen LogP) is 2.02. The Hall–Kier alpha value is -1.96. The minimum absolute atomic E-state index is 0.0122. The summed E-state index contributed by atoms with van der Waals surface area (Å²) in [4.78, 5) is 4.01. The van der Waals surface area contributed by atoms with Crippen molar-refractivity contribution in [2.45, 2.75) is 19.1 Å². The second-order valence-electron chi connectivity index (χ2n) is 4.64. The number of methoxy groups -OCH3 is 1. The fourth-order valence-corrected chi connectivity index (χ4v) is 1.68. The molecule has 0 aliphatic carbocycles. The number of halogens is 3. The lowest BCUT2D eigenvalue weighted by molar-refractivity contribution is -0.137. The van der Waals surface area contributed by atoms with Crippen molar-refractivity contribution >= 4 is 5.96 Å². The van der Waals surface area contributed by atoms with Crippen LogP contribution in [0.4, 0.5) is 13.2 Å². The number of hydrogen-bond acceptors (Lipinski definition) is 3. The quantitative estimate of drug-likeness (QED) is 0.458. The molecule has 0 heterocycles. The third-order valence-electron chi connectivity index (χ3n) is 2.61. The van der Waals surface area contributed by atoms with Crippen LogP contribution in [0.25, 0.3) is 0 Å². The van der Waals surface area contributed by atoms with Crippen LogP contribution in [0.2, 0.25) is 0 Å². The third kappa shape index (κ3) is 6.66. The number of aliphatic imine (C=N–C) groups is 1. The minimum Gasteiger partial charge on any atom is -0.492 e. The van der Waals surface area contributed by atoms with Gasteiger partial charge in [0.1, 0.15) is 12.4 Å². The van der Waals surface area contributed by atoms with Crippen molar-refractivity contribution in [2.24, 2.45) is 10.7 Å². The van der Waals surface area contributed by atoms with Gasteiger partial charge in [0.2, 0.25) is 0 Å². The molecule has 0 spiro atoms. The van der Waals surface area contributed by atoms with Gasteiger partial charge in [-0.2, -0.15) is 13.2 Å². The van der Waals surface area contributed by atoms with E-state index in [1.54, 1.807) is 7.11 Å². The van der Waals surface area contributed by atoms with Crippen molar-refractivity contribution in [3.8, 4) is 5.75 Å². The molecule has 0 aliphatic rings. The minimum atomic E-state index is -4.39. The molecule has 0 aromatic heterocycles. The van der Waals surface area contributed by atoms with Gasteiger partial charge < -0.3 is 20.5 Å². The van der Waals surface area contributed by atoms with Crippen molar-refractivity contribution in [2.75, 3.05) is 26.9 Å². The molecule has 8 heteroatoms. The number of ether oxygens (including phenoxy) is 2. The molecule has 0 fully saturated rings. The first-order valence-electron chi connectivity index (χ1n) is 6.68. The number of alkyl halides is 3. The van der Waals surface area contributed by atoms with Crippen LogP contribution in [0.3, 0.4) is 0 Å². The van der Waals surface area contributed by atoms with E-state index in [9.17, 15) is 13.2 Å². The molecule has 0 amide bonds. The van der Waals surface area contributed by atoms with Crippen LogP contribution in [0, 0.1) is 0 Å². The maximum atomic E-state index is 12.5. The maximum Gasteiger partial charge on any atom is 0.416 e. The first-order chi connectivity index (χ1) is 10.3. The van der Waals surface area contributed by atoms with Crippen LogP contribution < -0.4 is 15.8 Å². The van der Waals surface area contributed by atoms with E-state index < -0.39 is 11.7 Å². The predicted molar refractivity (Wildman–Crippen MR) is 77.9 cm³/mol. The van der Waals surface area contributed by atoms with Crippen LogP contribution in [-0.2, 0) is 10.9 Å². The Morgan fingerprint density at radius 3 is 2.77 bits per heavy atom. The number of nitrogens with zero attached hydrogens (tertiary/aromatic N) is 1. The number of benzene rings is 1. The molecule has 22 heavy (non-hydrogen) atoms. The Kier molecular flexibility index (Phi) is 6.97. The smallest absolute Gasteiger partial charge is 0.416 e. The summed E-state index contributed by atoms with van der Waals surface area (Å²) >= 11 is 0. The van der Waals surface area contributed by atoms with Gasteiger partial charge in [-0.15, -0.1) is 0 Å². The molecule has 5 nitrogen and oxygen atoms in total. The molecule has 0 bridgehead atoms. The van der Waals surface area contributed by atoms with Crippen LogP contribution in [0.5, 0.6) is 5.75 Å². The van der Waals surface area contributed by atoms with E-state index in [0.717, 1.165) is 12.1 Å². The van der Waals surface area contributed by atoms with Gasteiger partial charge in [0.05, 0.1) is 18.7 Å². The molecule has 0 saturated heterocycles. The molecular formula is C14H20F3N3O2. The first kappa shape index (κ1) is 18.1. The standard InChI is InChI=1S/C14H20F3N3O2/c1-10(9-21-2)20-13(18)19-6-7-22-12-5-3-4-11(8-12)14(15,16)17/h3-5,8,10H,6-7,9H2,1-2H3,(H3,18,19,20). The van der Waals surface area contributed by atoms with Gasteiger partial charge in [0.15, 0.2) is 5.96 Å². The monoisotopic (exact) mass is 319 g/mol. The molecule has 1 rings (SSSR count). The normalized spacial score (nSPS) is 13.8. The Bertz CT molecular complexity index is 492. The zero-order valence-corrected chi connectivity index (χ0v) is 12.5.